The lowest BCUT2D eigenvalue weighted by atomic mass is 10.3. The molecule has 5 nitrogen and oxygen atoms in total. The van der Waals surface area contributed by atoms with Crippen molar-refractivity contribution in [2.24, 2.45) is 5.73 Å². The number of nitrogens with one attached hydrogen (secondary N) is 1. The summed E-state index contributed by atoms with van der Waals surface area (Å²) in [5.74, 6) is -0.431. The van der Waals surface area contributed by atoms with E-state index in [-0.39, 0.29) is 23.5 Å². The van der Waals surface area contributed by atoms with Crippen molar-refractivity contribution >= 4 is 39.9 Å². The molecule has 7 heteroatoms. The number of hydrogen-bond acceptors (Lipinski definition) is 5. The van der Waals surface area contributed by atoms with Crippen molar-refractivity contribution in [2.45, 2.75) is 18.6 Å². The molecule has 1 heterocycles. The Hall–Kier alpha value is -1.05. The highest BCUT2D eigenvalue weighted by molar-refractivity contribution is 8.00. The first kappa shape index (κ1) is 15.0. The normalized spacial score (nSPS) is 12.1. The first-order valence-electron chi connectivity index (χ1n) is 5.44. The van der Waals surface area contributed by atoms with Gasteiger partial charge in [0.05, 0.1) is 11.3 Å². The summed E-state index contributed by atoms with van der Waals surface area (Å²) in [4.78, 5) is 22.7. The van der Waals surface area contributed by atoms with Gasteiger partial charge in [-0.15, -0.1) is 23.1 Å². The van der Waals surface area contributed by atoms with Gasteiger partial charge in [0.2, 0.25) is 5.91 Å². The molecule has 1 aromatic rings. The maximum absolute atomic E-state index is 11.7. The summed E-state index contributed by atoms with van der Waals surface area (Å²) in [5, 5.41) is 13.8. The molecule has 0 spiro atoms. The fourth-order valence-corrected chi connectivity index (χ4v) is 2.83. The topological polar surface area (TPSA) is 92.4 Å². The number of hydrogen-bond donors (Lipinski definition) is 3. The molecule has 4 N–H and O–H groups in total. The van der Waals surface area contributed by atoms with E-state index in [0.717, 1.165) is 0 Å². The van der Waals surface area contributed by atoms with E-state index in [1.165, 1.54) is 23.1 Å². The Morgan fingerprint density at radius 3 is 2.94 bits per heavy atom. The maximum Gasteiger partial charge on any atom is 0.251 e. The minimum absolute atomic E-state index is 0.118. The molecule has 0 aromatic carbocycles. The van der Waals surface area contributed by atoms with Crippen LogP contribution in [0.1, 0.15) is 23.7 Å². The molecule has 0 radical (unpaired) electrons. The van der Waals surface area contributed by atoms with Crippen molar-refractivity contribution in [1.29, 1.82) is 0 Å². The molecular formula is C11H16N2O3S2. The summed E-state index contributed by atoms with van der Waals surface area (Å²) in [6.45, 7) is 2.07. The van der Waals surface area contributed by atoms with Crippen molar-refractivity contribution in [3.8, 4) is 0 Å². The van der Waals surface area contributed by atoms with Gasteiger partial charge in [-0.3, -0.25) is 9.59 Å². The Morgan fingerprint density at radius 2 is 2.33 bits per heavy atom. The van der Waals surface area contributed by atoms with Gasteiger partial charge in [-0.25, -0.2) is 0 Å². The maximum atomic E-state index is 11.7. The quantitative estimate of drug-likeness (QED) is 0.705. The molecule has 1 rings (SSSR count). The number of primary amides is 1. The van der Waals surface area contributed by atoms with Crippen LogP contribution in [0.2, 0.25) is 0 Å². The number of anilines is 1. The Balaban J connectivity index is 2.45. The lowest BCUT2D eigenvalue weighted by molar-refractivity contribution is -0.113. The molecular weight excluding hydrogens is 272 g/mol. The predicted molar refractivity (Wildman–Crippen MR) is 75.1 cm³/mol. The Morgan fingerprint density at radius 1 is 1.61 bits per heavy atom. The molecule has 0 aliphatic rings. The fraction of sp³-hybridized carbons (Fsp3) is 0.455. The number of carbonyl (C=O) groups is 2. The SMILES string of the molecule is CC(CCO)SCC(=O)Nc1sccc1C(N)=O. The molecule has 0 aliphatic carbocycles. The van der Waals surface area contributed by atoms with E-state index in [0.29, 0.717) is 17.0 Å². The summed E-state index contributed by atoms with van der Waals surface area (Å²) in [6.07, 6.45) is 0.656. The van der Waals surface area contributed by atoms with Crippen LogP contribution in [0.4, 0.5) is 5.00 Å². The van der Waals surface area contributed by atoms with E-state index in [4.69, 9.17) is 10.8 Å². The van der Waals surface area contributed by atoms with Crippen LogP contribution < -0.4 is 11.1 Å². The second-order valence-corrected chi connectivity index (χ2v) is 6.05. The van der Waals surface area contributed by atoms with Gasteiger partial charge in [0.15, 0.2) is 0 Å². The predicted octanol–water partition coefficient (Wildman–Crippen LogP) is 1.29. The second-order valence-electron chi connectivity index (χ2n) is 3.71. The number of amides is 2. The molecule has 1 atom stereocenters. The van der Waals surface area contributed by atoms with E-state index in [1.807, 2.05) is 6.92 Å². The number of nitrogens with two attached hydrogens (primary N) is 1. The number of thiophene rings is 1. The van der Waals surface area contributed by atoms with Gasteiger partial charge < -0.3 is 16.2 Å². The molecule has 0 saturated heterocycles. The highest BCUT2D eigenvalue weighted by Crippen LogP contribution is 2.23. The minimum Gasteiger partial charge on any atom is -0.396 e. The van der Waals surface area contributed by atoms with Crippen LogP contribution in [0.3, 0.4) is 0 Å². The monoisotopic (exact) mass is 288 g/mol. The van der Waals surface area contributed by atoms with Crippen molar-refractivity contribution < 1.29 is 14.7 Å². The Kier molecular flexibility index (Phi) is 6.17. The van der Waals surface area contributed by atoms with Crippen molar-refractivity contribution in [3.63, 3.8) is 0 Å². The molecule has 0 fully saturated rings. The van der Waals surface area contributed by atoms with Crippen molar-refractivity contribution in [3.05, 3.63) is 17.0 Å². The van der Waals surface area contributed by atoms with E-state index in [9.17, 15) is 9.59 Å². The van der Waals surface area contributed by atoms with Gasteiger partial charge in [-0.1, -0.05) is 6.92 Å². The molecule has 0 bridgehead atoms. The zero-order valence-electron chi connectivity index (χ0n) is 10.0. The average Bonchev–Trinajstić information content (AvgIpc) is 2.75. The largest absolute Gasteiger partial charge is 0.396 e. The van der Waals surface area contributed by atoms with Crippen molar-refractivity contribution in [1.82, 2.24) is 0 Å². The zero-order chi connectivity index (χ0) is 13.5. The molecule has 100 valence electrons. The number of aliphatic hydroxyl groups excluding tert-OH is 1. The van der Waals surface area contributed by atoms with Gasteiger partial charge in [0, 0.05) is 11.9 Å². The molecule has 1 unspecified atom stereocenters. The van der Waals surface area contributed by atoms with Crippen molar-refractivity contribution in [2.75, 3.05) is 17.7 Å². The highest BCUT2D eigenvalue weighted by Gasteiger charge is 2.13. The van der Waals surface area contributed by atoms with Crippen LogP contribution >= 0.6 is 23.1 Å². The third kappa shape index (κ3) is 4.67. The third-order valence-electron chi connectivity index (χ3n) is 2.22. The van der Waals surface area contributed by atoms with Gasteiger partial charge in [0.25, 0.3) is 5.91 Å². The smallest absolute Gasteiger partial charge is 0.251 e. The number of carbonyl (C=O) groups excluding carboxylic acids is 2. The van der Waals surface area contributed by atoms with E-state index >= 15 is 0 Å². The summed E-state index contributed by atoms with van der Waals surface area (Å²) in [5.41, 5.74) is 5.51. The average molecular weight is 288 g/mol. The summed E-state index contributed by atoms with van der Waals surface area (Å²) in [6, 6.07) is 1.59. The lowest BCUT2D eigenvalue weighted by Gasteiger charge is -2.09. The molecule has 0 saturated carbocycles. The fourth-order valence-electron chi connectivity index (χ4n) is 1.25. The van der Waals surface area contributed by atoms with Crippen LogP contribution in [0.25, 0.3) is 0 Å². The molecule has 1 aromatic heterocycles. The summed E-state index contributed by atoms with van der Waals surface area (Å²) in [7, 11) is 0. The van der Waals surface area contributed by atoms with Gasteiger partial charge in [0.1, 0.15) is 5.00 Å². The zero-order valence-corrected chi connectivity index (χ0v) is 11.6. The van der Waals surface area contributed by atoms with E-state index in [2.05, 4.69) is 5.32 Å². The highest BCUT2D eigenvalue weighted by atomic mass is 32.2. The Labute approximate surface area is 114 Å². The summed E-state index contributed by atoms with van der Waals surface area (Å²) < 4.78 is 0. The summed E-state index contributed by atoms with van der Waals surface area (Å²) >= 11 is 2.73. The lowest BCUT2D eigenvalue weighted by Crippen LogP contribution is -2.18. The van der Waals surface area contributed by atoms with Crippen LogP contribution in [0.15, 0.2) is 11.4 Å². The first-order chi connectivity index (χ1) is 8.54. The molecule has 18 heavy (non-hydrogen) atoms. The van der Waals surface area contributed by atoms with Gasteiger partial charge >= 0.3 is 0 Å². The minimum atomic E-state index is -0.548. The second kappa shape index (κ2) is 7.40. The standard InChI is InChI=1S/C11H16N2O3S2/c1-7(2-4-14)18-6-9(15)13-11-8(10(12)16)3-5-17-11/h3,5,7,14H,2,4,6H2,1H3,(H2,12,16)(H,13,15). The Bertz CT molecular complexity index is 420. The van der Waals surface area contributed by atoms with Crippen LogP contribution in [0.5, 0.6) is 0 Å². The molecule has 2 amide bonds. The number of rotatable bonds is 7. The van der Waals surface area contributed by atoms with Crippen LogP contribution in [0, 0.1) is 0 Å². The van der Waals surface area contributed by atoms with Crippen LogP contribution in [-0.2, 0) is 4.79 Å². The van der Waals surface area contributed by atoms with E-state index in [1.54, 1.807) is 11.4 Å². The first-order valence-corrected chi connectivity index (χ1v) is 7.37. The number of thioether (sulfide) groups is 1. The third-order valence-corrected chi connectivity index (χ3v) is 4.28. The molecule has 0 aliphatic heterocycles. The van der Waals surface area contributed by atoms with E-state index < -0.39 is 5.91 Å². The van der Waals surface area contributed by atoms with Gasteiger partial charge in [-0.2, -0.15) is 0 Å². The van der Waals surface area contributed by atoms with Gasteiger partial charge in [-0.05, 0) is 17.9 Å². The van der Waals surface area contributed by atoms with Crippen LogP contribution in [-0.4, -0.2) is 34.5 Å². The number of aliphatic hydroxyl groups is 1.